The summed E-state index contributed by atoms with van der Waals surface area (Å²) < 4.78 is 8.43. The average molecular weight is 548 g/mol. The molecule has 0 aromatic carbocycles. The van der Waals surface area contributed by atoms with Crippen LogP contribution in [0.2, 0.25) is 0 Å². The van der Waals surface area contributed by atoms with Gasteiger partial charge in [-0.15, -0.1) is 0 Å². The highest BCUT2D eigenvalue weighted by atomic mass is 16.5. The molecule has 6 fully saturated rings. The predicted octanol–water partition coefficient (Wildman–Crippen LogP) is 4.01. The van der Waals surface area contributed by atoms with Gasteiger partial charge >= 0.3 is 0 Å². The van der Waals surface area contributed by atoms with Gasteiger partial charge in [0.25, 0.3) is 5.91 Å². The summed E-state index contributed by atoms with van der Waals surface area (Å²) >= 11 is 0. The molecule has 6 aliphatic rings. The highest BCUT2D eigenvalue weighted by Gasteiger charge is 2.48. The fraction of sp³-hybridized carbons (Fsp3) is 0.742. The van der Waals surface area contributed by atoms with Crippen LogP contribution in [0.25, 0.3) is 0 Å². The fourth-order valence-corrected chi connectivity index (χ4v) is 8.64. The van der Waals surface area contributed by atoms with Crippen molar-refractivity contribution in [2.75, 3.05) is 44.2 Å². The van der Waals surface area contributed by atoms with Gasteiger partial charge in [0.1, 0.15) is 5.56 Å². The molecule has 1 saturated heterocycles. The Morgan fingerprint density at radius 1 is 0.900 bits per heavy atom. The van der Waals surface area contributed by atoms with E-state index in [0.29, 0.717) is 48.4 Å². The van der Waals surface area contributed by atoms with Crippen molar-refractivity contribution in [3.05, 3.63) is 30.2 Å². The van der Waals surface area contributed by atoms with Crippen LogP contribution < -0.4 is 15.0 Å². The molecular formula is C31H45N7O2. The number of carbonyl (C=O) groups is 1. The number of hydrogen-bond donors (Lipinski definition) is 1. The number of nitrogens with zero attached hydrogens (tertiary/aromatic N) is 6. The first-order valence-corrected chi connectivity index (χ1v) is 15.9. The first-order chi connectivity index (χ1) is 19.7. The highest BCUT2D eigenvalue weighted by molar-refractivity contribution is 5.96. The highest BCUT2D eigenvalue weighted by Crippen LogP contribution is 2.53. The Morgan fingerprint density at radius 2 is 1.60 bits per heavy atom. The lowest BCUT2D eigenvalue weighted by Crippen LogP contribution is -2.55. The minimum absolute atomic E-state index is 0.0128. The van der Waals surface area contributed by atoms with E-state index >= 15 is 0 Å². The number of anilines is 1. The van der Waals surface area contributed by atoms with E-state index in [1.165, 1.54) is 64.2 Å². The molecule has 9 heteroatoms. The van der Waals surface area contributed by atoms with Gasteiger partial charge in [-0.05, 0) is 80.6 Å². The van der Waals surface area contributed by atoms with E-state index in [0.717, 1.165) is 50.5 Å². The van der Waals surface area contributed by atoms with E-state index < -0.39 is 0 Å². The van der Waals surface area contributed by atoms with Gasteiger partial charge in [-0.2, -0.15) is 5.10 Å². The number of piperazine rings is 1. The van der Waals surface area contributed by atoms with Gasteiger partial charge in [-0.1, -0.05) is 19.3 Å². The molecule has 4 bridgehead atoms. The molecule has 0 atom stereocenters. The SMILES string of the molecule is O=C(NC1C2CC3CC(C2)CC1C3)c1cnn(CCN2CCN(c3ncccn3)CC2)c1OCC1CCCCC1. The lowest BCUT2D eigenvalue weighted by molar-refractivity contribution is -0.0120. The van der Waals surface area contributed by atoms with Crippen LogP contribution in [0.1, 0.15) is 74.6 Å². The lowest BCUT2D eigenvalue weighted by Gasteiger charge is -2.54. The third kappa shape index (κ3) is 5.58. The summed E-state index contributed by atoms with van der Waals surface area (Å²) in [7, 11) is 0. The van der Waals surface area contributed by atoms with Gasteiger partial charge in [0, 0.05) is 51.2 Å². The summed E-state index contributed by atoms with van der Waals surface area (Å²) in [6, 6.07) is 2.18. The zero-order valence-electron chi connectivity index (χ0n) is 23.8. The molecule has 1 amide bonds. The quantitative estimate of drug-likeness (QED) is 0.508. The second-order valence-corrected chi connectivity index (χ2v) is 13.2. The number of aromatic nitrogens is 4. The Hall–Kier alpha value is -2.68. The summed E-state index contributed by atoms with van der Waals surface area (Å²) in [5, 5.41) is 8.20. The Morgan fingerprint density at radius 3 is 2.30 bits per heavy atom. The van der Waals surface area contributed by atoms with E-state index in [-0.39, 0.29) is 5.91 Å². The van der Waals surface area contributed by atoms with Crippen molar-refractivity contribution in [3.8, 4) is 5.88 Å². The number of amides is 1. The second-order valence-electron chi connectivity index (χ2n) is 13.2. The molecule has 0 radical (unpaired) electrons. The zero-order chi connectivity index (χ0) is 26.9. The van der Waals surface area contributed by atoms with Crippen LogP contribution in [0.3, 0.4) is 0 Å². The molecule has 0 spiro atoms. The molecule has 1 aliphatic heterocycles. The summed E-state index contributed by atoms with van der Waals surface area (Å²) in [5.41, 5.74) is 0.621. The molecule has 5 saturated carbocycles. The minimum atomic E-state index is 0.0128. The standard InChI is InChI=1S/C31H45N7O2/c39-29(35-28-25-16-23-15-24(18-25)19-26(28)17-23)27-20-34-38(30(27)40-21-22-5-2-1-3-6-22)14-11-36-9-12-37(13-10-36)31-32-7-4-8-33-31/h4,7-8,20,22-26,28H,1-3,5-6,9-19,21H2,(H,35,39). The maximum absolute atomic E-state index is 13.7. The Balaban J connectivity index is 1.01. The predicted molar refractivity (Wildman–Crippen MR) is 153 cm³/mol. The number of carbonyl (C=O) groups excluding carboxylic acids is 1. The Bertz CT molecular complexity index is 1110. The third-order valence-electron chi connectivity index (χ3n) is 10.6. The van der Waals surface area contributed by atoms with Crippen molar-refractivity contribution < 1.29 is 9.53 Å². The monoisotopic (exact) mass is 547 g/mol. The van der Waals surface area contributed by atoms with Crippen molar-refractivity contribution >= 4 is 11.9 Å². The summed E-state index contributed by atoms with van der Waals surface area (Å²) in [5.74, 6) is 5.17. The van der Waals surface area contributed by atoms with Gasteiger partial charge in [0.2, 0.25) is 11.8 Å². The average Bonchev–Trinajstić information content (AvgIpc) is 3.40. The van der Waals surface area contributed by atoms with Crippen LogP contribution >= 0.6 is 0 Å². The van der Waals surface area contributed by atoms with E-state index in [2.05, 4.69) is 25.1 Å². The molecule has 0 unspecified atom stereocenters. The molecular weight excluding hydrogens is 502 g/mol. The van der Waals surface area contributed by atoms with Crippen molar-refractivity contribution in [2.24, 2.45) is 29.6 Å². The Labute approximate surface area is 238 Å². The molecule has 1 N–H and O–H groups in total. The van der Waals surface area contributed by atoms with Crippen LogP contribution in [0, 0.1) is 29.6 Å². The number of hydrogen-bond acceptors (Lipinski definition) is 7. The van der Waals surface area contributed by atoms with Crippen molar-refractivity contribution in [3.63, 3.8) is 0 Å². The summed E-state index contributed by atoms with van der Waals surface area (Å²) in [4.78, 5) is 27.2. The fourth-order valence-electron chi connectivity index (χ4n) is 8.64. The maximum atomic E-state index is 13.7. The molecule has 2 aromatic rings. The number of rotatable bonds is 9. The first-order valence-electron chi connectivity index (χ1n) is 15.9. The third-order valence-corrected chi connectivity index (χ3v) is 10.6. The van der Waals surface area contributed by atoms with E-state index in [1.54, 1.807) is 18.6 Å². The van der Waals surface area contributed by atoms with Crippen molar-refractivity contribution in [2.45, 2.75) is 76.8 Å². The topological polar surface area (TPSA) is 88.4 Å². The van der Waals surface area contributed by atoms with Gasteiger partial charge in [0.05, 0.1) is 19.3 Å². The second kappa shape index (κ2) is 11.7. The van der Waals surface area contributed by atoms with E-state index in [9.17, 15) is 4.79 Å². The largest absolute Gasteiger partial charge is 0.477 e. The van der Waals surface area contributed by atoms with Crippen LogP contribution in [-0.4, -0.2) is 75.9 Å². The van der Waals surface area contributed by atoms with Crippen LogP contribution in [0.5, 0.6) is 5.88 Å². The van der Waals surface area contributed by atoms with Gasteiger partial charge in [0.15, 0.2) is 0 Å². The molecule has 9 nitrogen and oxygen atoms in total. The number of ether oxygens (including phenoxy) is 1. The zero-order valence-corrected chi connectivity index (χ0v) is 23.8. The molecule has 216 valence electrons. The lowest BCUT2D eigenvalue weighted by atomic mass is 9.54. The van der Waals surface area contributed by atoms with Gasteiger partial charge in [-0.25, -0.2) is 14.6 Å². The Kier molecular flexibility index (Phi) is 7.65. The van der Waals surface area contributed by atoms with E-state index in [1.807, 2.05) is 10.7 Å². The summed E-state index contributed by atoms with van der Waals surface area (Å²) in [6.07, 6.45) is 18.3. The van der Waals surface area contributed by atoms with Gasteiger partial charge < -0.3 is 15.0 Å². The number of nitrogens with one attached hydrogen (secondary N) is 1. The van der Waals surface area contributed by atoms with Crippen molar-refractivity contribution in [1.29, 1.82) is 0 Å². The molecule has 3 heterocycles. The molecule has 2 aromatic heterocycles. The minimum Gasteiger partial charge on any atom is -0.477 e. The smallest absolute Gasteiger partial charge is 0.258 e. The molecule has 5 aliphatic carbocycles. The van der Waals surface area contributed by atoms with Crippen LogP contribution in [0.4, 0.5) is 5.95 Å². The van der Waals surface area contributed by atoms with Crippen LogP contribution in [-0.2, 0) is 6.54 Å². The molecule has 40 heavy (non-hydrogen) atoms. The summed E-state index contributed by atoms with van der Waals surface area (Å²) in [6.45, 7) is 6.00. The first kappa shape index (κ1) is 26.2. The van der Waals surface area contributed by atoms with Crippen LogP contribution in [0.15, 0.2) is 24.7 Å². The van der Waals surface area contributed by atoms with Gasteiger partial charge in [-0.3, -0.25) is 9.69 Å². The maximum Gasteiger partial charge on any atom is 0.258 e. The normalized spacial score (nSPS) is 30.5. The molecule has 8 rings (SSSR count). The van der Waals surface area contributed by atoms with Crippen molar-refractivity contribution in [1.82, 2.24) is 30.0 Å². The van der Waals surface area contributed by atoms with E-state index in [4.69, 9.17) is 9.84 Å².